The summed E-state index contributed by atoms with van der Waals surface area (Å²) in [5.41, 5.74) is 4.63. The second-order valence-corrected chi connectivity index (χ2v) is 2.51. The summed E-state index contributed by atoms with van der Waals surface area (Å²) in [6.07, 6.45) is 1.55. The van der Waals surface area contributed by atoms with Gasteiger partial charge in [0, 0.05) is 6.20 Å². The molecule has 0 bridgehead atoms. The highest BCUT2D eigenvalue weighted by molar-refractivity contribution is 6.32. The minimum atomic E-state index is -0.930. The van der Waals surface area contributed by atoms with Crippen LogP contribution in [-0.4, -0.2) is 23.5 Å². The van der Waals surface area contributed by atoms with Crippen molar-refractivity contribution in [1.82, 2.24) is 10.4 Å². The van der Waals surface area contributed by atoms with E-state index in [-0.39, 0.29) is 6.61 Å². The van der Waals surface area contributed by atoms with Crippen molar-refractivity contribution in [2.45, 2.75) is 6.92 Å². The van der Waals surface area contributed by atoms with Gasteiger partial charge in [0.05, 0.1) is 6.61 Å². The Morgan fingerprint density at radius 2 is 2.27 bits per heavy atom. The lowest BCUT2D eigenvalue weighted by Crippen LogP contribution is -2.36. The molecule has 2 N–H and O–H groups in total. The van der Waals surface area contributed by atoms with Crippen molar-refractivity contribution in [1.29, 1.82) is 0 Å². The molecule has 0 radical (unpaired) electrons. The topological polar surface area (TPSA) is 80.3 Å². The number of esters is 1. The first kappa shape index (κ1) is 11.0. The maximum absolute atomic E-state index is 11.0. The Bertz CT molecular complexity index is 340. The molecule has 6 nitrogen and oxygen atoms in total. The summed E-state index contributed by atoms with van der Waals surface area (Å²) in [4.78, 5) is 25.8. The van der Waals surface area contributed by atoms with Gasteiger partial charge in [-0.2, -0.15) is 0 Å². The molecule has 6 heteroatoms. The zero-order valence-corrected chi connectivity index (χ0v) is 8.19. The lowest BCUT2D eigenvalue weighted by Gasteiger charge is -2.06. The van der Waals surface area contributed by atoms with Gasteiger partial charge in [0.2, 0.25) is 0 Å². The summed E-state index contributed by atoms with van der Waals surface area (Å²) >= 11 is 0. The number of carbonyl (C=O) groups is 2. The fourth-order valence-corrected chi connectivity index (χ4v) is 0.805. The van der Waals surface area contributed by atoms with Crippen molar-refractivity contribution in [3.63, 3.8) is 0 Å². The predicted molar refractivity (Wildman–Crippen MR) is 52.6 cm³/mol. The largest absolute Gasteiger partial charge is 0.459 e. The number of hydrogen-bond acceptors (Lipinski definition) is 5. The average molecular weight is 209 g/mol. The van der Waals surface area contributed by atoms with Gasteiger partial charge in [0.1, 0.15) is 5.82 Å². The number of nitrogens with zero attached hydrogens (tertiary/aromatic N) is 1. The Hall–Kier alpha value is -2.11. The standard InChI is InChI=1S/C9H11N3O3/c1-2-15-9(14)8(13)12-11-7-5-3-4-6-10-7/h3-6H,2H2,1H3,(H,10,11)(H,12,13). The molecular weight excluding hydrogens is 198 g/mol. The molecule has 15 heavy (non-hydrogen) atoms. The average Bonchev–Trinajstić information content (AvgIpc) is 2.27. The number of rotatable bonds is 3. The highest BCUT2D eigenvalue weighted by atomic mass is 16.5. The summed E-state index contributed by atoms with van der Waals surface area (Å²) in [7, 11) is 0. The van der Waals surface area contributed by atoms with Crippen molar-refractivity contribution in [3.05, 3.63) is 24.4 Å². The van der Waals surface area contributed by atoms with E-state index < -0.39 is 11.9 Å². The molecule has 0 saturated heterocycles. The molecule has 1 heterocycles. The molecule has 0 aromatic carbocycles. The molecule has 1 rings (SSSR count). The van der Waals surface area contributed by atoms with Crippen LogP contribution in [0.4, 0.5) is 5.82 Å². The van der Waals surface area contributed by atoms with Gasteiger partial charge in [0.25, 0.3) is 0 Å². The molecule has 0 atom stereocenters. The van der Waals surface area contributed by atoms with Gasteiger partial charge in [0.15, 0.2) is 0 Å². The van der Waals surface area contributed by atoms with E-state index in [1.807, 2.05) is 0 Å². The van der Waals surface area contributed by atoms with Gasteiger partial charge >= 0.3 is 11.9 Å². The monoisotopic (exact) mass is 209 g/mol. The first-order chi connectivity index (χ1) is 7.24. The van der Waals surface area contributed by atoms with Crippen LogP contribution in [0.1, 0.15) is 6.92 Å². The van der Waals surface area contributed by atoms with E-state index in [0.29, 0.717) is 5.82 Å². The summed E-state index contributed by atoms with van der Waals surface area (Å²) in [6.45, 7) is 1.78. The van der Waals surface area contributed by atoms with Crippen molar-refractivity contribution >= 4 is 17.7 Å². The number of ether oxygens (including phenoxy) is 1. The first-order valence-electron chi connectivity index (χ1n) is 4.38. The highest BCUT2D eigenvalue weighted by Crippen LogP contribution is 1.96. The smallest absolute Gasteiger partial charge is 0.398 e. The fourth-order valence-electron chi connectivity index (χ4n) is 0.805. The Labute approximate surface area is 86.6 Å². The molecule has 0 aliphatic carbocycles. The number of pyridine rings is 1. The Morgan fingerprint density at radius 1 is 1.47 bits per heavy atom. The van der Waals surface area contributed by atoms with Gasteiger partial charge in [-0.15, -0.1) is 0 Å². The van der Waals surface area contributed by atoms with E-state index in [1.54, 1.807) is 31.3 Å². The summed E-state index contributed by atoms with van der Waals surface area (Å²) in [6, 6.07) is 5.12. The molecule has 0 spiro atoms. The van der Waals surface area contributed by atoms with Crippen molar-refractivity contribution in [2.75, 3.05) is 12.0 Å². The van der Waals surface area contributed by atoms with Crippen LogP contribution < -0.4 is 10.9 Å². The van der Waals surface area contributed by atoms with Crippen LogP contribution in [0, 0.1) is 0 Å². The van der Waals surface area contributed by atoms with Crippen molar-refractivity contribution in [3.8, 4) is 0 Å². The van der Waals surface area contributed by atoms with Gasteiger partial charge in [-0.25, -0.2) is 9.78 Å². The second kappa shape index (κ2) is 5.58. The molecule has 0 aliphatic heterocycles. The molecule has 1 aromatic rings. The number of amides is 1. The van der Waals surface area contributed by atoms with Gasteiger partial charge in [-0.3, -0.25) is 15.6 Å². The van der Waals surface area contributed by atoms with Gasteiger partial charge in [-0.1, -0.05) is 6.07 Å². The van der Waals surface area contributed by atoms with Crippen molar-refractivity contribution < 1.29 is 14.3 Å². The molecular formula is C9H11N3O3. The van der Waals surface area contributed by atoms with Gasteiger partial charge in [-0.05, 0) is 19.1 Å². The summed E-state index contributed by atoms with van der Waals surface area (Å²) in [5.74, 6) is -1.35. The van der Waals surface area contributed by atoms with E-state index in [2.05, 4.69) is 20.6 Å². The maximum atomic E-state index is 11.0. The number of aromatic nitrogens is 1. The highest BCUT2D eigenvalue weighted by Gasteiger charge is 2.13. The minimum Gasteiger partial charge on any atom is -0.459 e. The van der Waals surface area contributed by atoms with Crippen LogP contribution in [0.5, 0.6) is 0 Å². The molecule has 80 valence electrons. The Balaban J connectivity index is 2.38. The van der Waals surface area contributed by atoms with E-state index in [1.165, 1.54) is 0 Å². The van der Waals surface area contributed by atoms with Crippen LogP contribution in [0.15, 0.2) is 24.4 Å². The molecule has 0 saturated carbocycles. The van der Waals surface area contributed by atoms with Crippen LogP contribution in [-0.2, 0) is 14.3 Å². The lowest BCUT2D eigenvalue weighted by molar-refractivity contribution is -0.154. The molecule has 0 fully saturated rings. The van der Waals surface area contributed by atoms with E-state index in [0.717, 1.165) is 0 Å². The summed E-state index contributed by atoms with van der Waals surface area (Å²) in [5, 5.41) is 0. The Kier molecular flexibility index (Phi) is 4.08. The number of nitrogens with one attached hydrogen (secondary N) is 2. The predicted octanol–water partition coefficient (Wildman–Crippen LogP) is 0.0878. The number of hydrazine groups is 1. The van der Waals surface area contributed by atoms with E-state index in [4.69, 9.17) is 0 Å². The van der Waals surface area contributed by atoms with Crippen molar-refractivity contribution in [2.24, 2.45) is 0 Å². The number of anilines is 1. The minimum absolute atomic E-state index is 0.163. The zero-order chi connectivity index (χ0) is 11.1. The third-order valence-corrected chi connectivity index (χ3v) is 1.43. The van der Waals surface area contributed by atoms with E-state index >= 15 is 0 Å². The molecule has 1 aromatic heterocycles. The molecule has 0 unspecified atom stereocenters. The SMILES string of the molecule is CCOC(=O)C(=O)NNc1ccccn1. The first-order valence-corrected chi connectivity index (χ1v) is 4.38. The van der Waals surface area contributed by atoms with Crippen LogP contribution in [0.3, 0.4) is 0 Å². The summed E-state index contributed by atoms with van der Waals surface area (Å²) < 4.78 is 4.48. The third-order valence-electron chi connectivity index (χ3n) is 1.43. The number of carbonyl (C=O) groups excluding carboxylic acids is 2. The second-order valence-electron chi connectivity index (χ2n) is 2.51. The molecule has 0 aliphatic rings. The van der Waals surface area contributed by atoms with Crippen LogP contribution in [0.25, 0.3) is 0 Å². The number of hydrogen-bond donors (Lipinski definition) is 2. The fraction of sp³-hybridized carbons (Fsp3) is 0.222. The van der Waals surface area contributed by atoms with Crippen LogP contribution >= 0.6 is 0 Å². The van der Waals surface area contributed by atoms with Crippen LogP contribution in [0.2, 0.25) is 0 Å². The quantitative estimate of drug-likeness (QED) is 0.419. The normalized spacial score (nSPS) is 9.13. The maximum Gasteiger partial charge on any atom is 0.398 e. The zero-order valence-electron chi connectivity index (χ0n) is 8.19. The van der Waals surface area contributed by atoms with Gasteiger partial charge < -0.3 is 4.74 Å². The Morgan fingerprint density at radius 3 is 2.87 bits per heavy atom. The van der Waals surface area contributed by atoms with E-state index in [9.17, 15) is 9.59 Å². The molecule has 1 amide bonds. The lowest BCUT2D eigenvalue weighted by atomic mass is 10.5. The third kappa shape index (κ3) is 3.63.